The maximum Gasteiger partial charge on any atom is 0.219 e. The summed E-state index contributed by atoms with van der Waals surface area (Å²) in [4.78, 5) is 27.3. The summed E-state index contributed by atoms with van der Waals surface area (Å²) in [5, 5.41) is 9.10. The molecule has 0 radical (unpaired) electrons. The summed E-state index contributed by atoms with van der Waals surface area (Å²) in [5.41, 5.74) is 2.57. The zero-order chi connectivity index (χ0) is 18.0. The predicted octanol–water partition coefficient (Wildman–Crippen LogP) is 4.01. The van der Waals surface area contributed by atoms with Crippen molar-refractivity contribution in [3.63, 3.8) is 0 Å². The number of aromatic nitrogens is 1. The van der Waals surface area contributed by atoms with Crippen molar-refractivity contribution in [1.29, 1.82) is 5.26 Å². The lowest BCUT2D eigenvalue weighted by Crippen LogP contribution is -2.25. The molecule has 0 saturated carbocycles. The number of aromatic amines is 1. The van der Waals surface area contributed by atoms with Gasteiger partial charge in [0.05, 0.1) is 22.3 Å². The number of hydrogen-bond acceptors (Lipinski definition) is 4. The molecule has 1 atom stereocenters. The van der Waals surface area contributed by atoms with Crippen LogP contribution >= 0.6 is 11.6 Å². The van der Waals surface area contributed by atoms with Crippen LogP contribution in [-0.2, 0) is 0 Å². The number of H-pyrrole nitrogens is 1. The number of benzene rings is 1. The summed E-state index contributed by atoms with van der Waals surface area (Å²) in [6, 6.07) is 6.58. The van der Waals surface area contributed by atoms with Gasteiger partial charge < -0.3 is 9.72 Å². The smallest absolute Gasteiger partial charge is 0.219 e. The highest BCUT2D eigenvalue weighted by Gasteiger charge is 2.25. The van der Waals surface area contributed by atoms with Crippen molar-refractivity contribution >= 4 is 23.2 Å². The van der Waals surface area contributed by atoms with E-state index in [0.717, 1.165) is 0 Å². The first kappa shape index (κ1) is 17.8. The average molecular weight is 345 g/mol. The van der Waals surface area contributed by atoms with Gasteiger partial charge in [-0.2, -0.15) is 5.26 Å². The van der Waals surface area contributed by atoms with Crippen molar-refractivity contribution in [2.24, 2.45) is 0 Å². The Kier molecular flexibility index (Phi) is 5.10. The molecule has 1 heterocycles. The first-order valence-electron chi connectivity index (χ1n) is 7.36. The molecule has 0 amide bonds. The van der Waals surface area contributed by atoms with E-state index >= 15 is 0 Å². The van der Waals surface area contributed by atoms with Crippen molar-refractivity contribution in [3.8, 4) is 11.8 Å². The molecular weight excluding hydrogens is 328 g/mol. The fraction of sp³-hybridized carbons (Fsp3) is 0.278. The molecule has 6 heteroatoms. The third-order valence-electron chi connectivity index (χ3n) is 3.77. The molecule has 0 bridgehead atoms. The number of ether oxygens (including phenoxy) is 1. The SMILES string of the molecule is CC(=O)c1c(C)[nH]c(C(=O)[C@H](C)Oc2ccc(C#N)cc2Cl)c1C. The van der Waals surface area contributed by atoms with Crippen LogP contribution in [0.15, 0.2) is 18.2 Å². The van der Waals surface area contributed by atoms with E-state index in [4.69, 9.17) is 21.6 Å². The van der Waals surface area contributed by atoms with Crippen LogP contribution in [0.4, 0.5) is 0 Å². The molecule has 0 aliphatic rings. The zero-order valence-corrected chi connectivity index (χ0v) is 14.6. The Hall–Kier alpha value is -2.58. The number of aryl methyl sites for hydroxylation is 1. The number of nitrogens with one attached hydrogen (secondary N) is 1. The van der Waals surface area contributed by atoms with E-state index in [1.54, 1.807) is 32.9 Å². The first-order chi connectivity index (χ1) is 11.3. The molecule has 0 saturated heterocycles. The number of nitriles is 1. The molecular formula is C18H17ClN2O3. The number of hydrogen-bond donors (Lipinski definition) is 1. The van der Waals surface area contributed by atoms with Crippen LogP contribution in [0.5, 0.6) is 5.75 Å². The van der Waals surface area contributed by atoms with E-state index in [9.17, 15) is 9.59 Å². The van der Waals surface area contributed by atoms with Gasteiger partial charge in [-0.1, -0.05) is 11.6 Å². The lowest BCUT2D eigenvalue weighted by Gasteiger charge is -2.14. The van der Waals surface area contributed by atoms with Gasteiger partial charge >= 0.3 is 0 Å². The largest absolute Gasteiger partial charge is 0.481 e. The van der Waals surface area contributed by atoms with E-state index in [1.165, 1.54) is 13.0 Å². The van der Waals surface area contributed by atoms with Crippen LogP contribution in [0, 0.1) is 25.2 Å². The average Bonchev–Trinajstić information content (AvgIpc) is 2.83. The molecule has 0 unspecified atom stereocenters. The van der Waals surface area contributed by atoms with E-state index in [0.29, 0.717) is 33.8 Å². The molecule has 0 fully saturated rings. The summed E-state index contributed by atoms with van der Waals surface area (Å²) in [7, 11) is 0. The monoisotopic (exact) mass is 344 g/mol. The van der Waals surface area contributed by atoms with Gasteiger partial charge in [0.2, 0.25) is 5.78 Å². The molecule has 2 rings (SSSR count). The van der Waals surface area contributed by atoms with Gasteiger partial charge in [0.25, 0.3) is 0 Å². The highest BCUT2D eigenvalue weighted by molar-refractivity contribution is 6.32. The third-order valence-corrected chi connectivity index (χ3v) is 4.07. The summed E-state index contributed by atoms with van der Waals surface area (Å²) in [6.45, 7) is 6.56. The van der Waals surface area contributed by atoms with Crippen molar-refractivity contribution in [2.45, 2.75) is 33.8 Å². The molecule has 1 aromatic heterocycles. The van der Waals surface area contributed by atoms with Crippen LogP contribution in [-0.4, -0.2) is 22.7 Å². The fourth-order valence-electron chi connectivity index (χ4n) is 2.64. The highest BCUT2D eigenvalue weighted by Crippen LogP contribution is 2.27. The Balaban J connectivity index is 2.27. The molecule has 0 aliphatic heterocycles. The molecule has 2 aromatic rings. The lowest BCUT2D eigenvalue weighted by atomic mass is 10.0. The summed E-state index contributed by atoms with van der Waals surface area (Å²) in [6.07, 6.45) is -0.799. The lowest BCUT2D eigenvalue weighted by molar-refractivity contribution is 0.0813. The number of Topliss-reactive ketones (excluding diaryl/α,β-unsaturated/α-hetero) is 2. The van der Waals surface area contributed by atoms with Crippen molar-refractivity contribution in [3.05, 3.63) is 51.3 Å². The van der Waals surface area contributed by atoms with Crippen LogP contribution in [0.1, 0.15) is 51.5 Å². The molecule has 24 heavy (non-hydrogen) atoms. The summed E-state index contributed by atoms with van der Waals surface area (Å²) in [5.74, 6) is -0.0447. The number of halogens is 1. The third kappa shape index (κ3) is 3.34. The molecule has 0 aliphatic carbocycles. The molecule has 5 nitrogen and oxygen atoms in total. The Bertz CT molecular complexity index is 862. The second-order valence-corrected chi connectivity index (χ2v) is 5.97. The summed E-state index contributed by atoms with van der Waals surface area (Å²) < 4.78 is 5.63. The second kappa shape index (κ2) is 6.90. The molecule has 0 spiro atoms. The van der Waals surface area contributed by atoms with Crippen LogP contribution < -0.4 is 4.74 Å². The molecule has 1 N–H and O–H groups in total. The van der Waals surface area contributed by atoms with Gasteiger partial charge in [-0.05, 0) is 51.5 Å². The number of rotatable bonds is 5. The molecule has 124 valence electrons. The number of nitrogens with zero attached hydrogens (tertiary/aromatic N) is 1. The molecule has 1 aromatic carbocycles. The van der Waals surface area contributed by atoms with Crippen molar-refractivity contribution in [2.75, 3.05) is 0 Å². The van der Waals surface area contributed by atoms with E-state index in [1.807, 2.05) is 6.07 Å². The Morgan fingerprint density at radius 2 is 2.00 bits per heavy atom. The maximum absolute atomic E-state index is 12.6. The van der Waals surface area contributed by atoms with E-state index in [2.05, 4.69) is 4.98 Å². The van der Waals surface area contributed by atoms with Gasteiger partial charge in [-0.25, -0.2) is 0 Å². The van der Waals surface area contributed by atoms with Gasteiger partial charge in [0, 0.05) is 11.3 Å². The van der Waals surface area contributed by atoms with Gasteiger partial charge in [0.15, 0.2) is 11.9 Å². The maximum atomic E-state index is 12.6. The second-order valence-electron chi connectivity index (χ2n) is 5.56. The van der Waals surface area contributed by atoms with E-state index < -0.39 is 6.10 Å². The fourth-order valence-corrected chi connectivity index (χ4v) is 2.86. The standard InChI is InChI=1S/C18H17ClN2O3/c1-9-16(11(3)22)10(2)21-17(9)18(23)12(4)24-15-6-5-13(8-20)7-14(15)19/h5-7,12,21H,1-4H3/t12-/m0/s1. The Labute approximate surface area is 145 Å². The van der Waals surface area contributed by atoms with Crippen molar-refractivity contribution in [1.82, 2.24) is 4.98 Å². The van der Waals surface area contributed by atoms with Crippen LogP contribution in [0.3, 0.4) is 0 Å². The Morgan fingerprint density at radius 3 is 2.50 bits per heavy atom. The number of ketones is 2. The van der Waals surface area contributed by atoms with E-state index in [-0.39, 0.29) is 16.6 Å². The van der Waals surface area contributed by atoms with Gasteiger partial charge in [0.1, 0.15) is 5.75 Å². The van der Waals surface area contributed by atoms with Gasteiger partial charge in [-0.15, -0.1) is 0 Å². The number of carbonyl (C=O) groups excluding carboxylic acids is 2. The predicted molar refractivity (Wildman–Crippen MR) is 90.9 cm³/mol. The minimum atomic E-state index is -0.799. The normalized spacial score (nSPS) is 11.7. The van der Waals surface area contributed by atoms with Gasteiger partial charge in [-0.3, -0.25) is 9.59 Å². The number of carbonyl (C=O) groups is 2. The van der Waals surface area contributed by atoms with Crippen LogP contribution in [0.2, 0.25) is 5.02 Å². The first-order valence-corrected chi connectivity index (χ1v) is 7.74. The highest BCUT2D eigenvalue weighted by atomic mass is 35.5. The Morgan fingerprint density at radius 1 is 1.33 bits per heavy atom. The van der Waals surface area contributed by atoms with Crippen molar-refractivity contribution < 1.29 is 14.3 Å². The topological polar surface area (TPSA) is 82.9 Å². The minimum absolute atomic E-state index is 0.0935. The van der Waals surface area contributed by atoms with Crippen LogP contribution in [0.25, 0.3) is 0 Å². The zero-order valence-electron chi connectivity index (χ0n) is 13.9. The summed E-state index contributed by atoms with van der Waals surface area (Å²) >= 11 is 6.07. The quantitative estimate of drug-likeness (QED) is 0.831. The minimum Gasteiger partial charge on any atom is -0.481 e.